The Morgan fingerprint density at radius 3 is 1.75 bits per heavy atom. The number of hydrogen-bond acceptors (Lipinski definition) is 5. The fraction of sp³-hybridized carbons (Fsp3) is 0.0182. The quantitative estimate of drug-likeness (QED) is 0.174. The van der Waals surface area contributed by atoms with Crippen molar-refractivity contribution in [1.29, 1.82) is 0 Å². The van der Waals surface area contributed by atoms with Crippen LogP contribution in [0.3, 0.4) is 0 Å². The average molecular weight is 783 g/mol. The molecule has 0 bridgehead atoms. The van der Waals surface area contributed by atoms with Crippen LogP contribution >= 0.6 is 0 Å². The van der Waals surface area contributed by atoms with E-state index in [1.807, 2.05) is 24.3 Å². The molecule has 0 saturated heterocycles. The fourth-order valence-corrected chi connectivity index (χ4v) is 10.0. The smallest absolute Gasteiger partial charge is 0.174 e. The van der Waals surface area contributed by atoms with Gasteiger partial charge < -0.3 is 18.3 Å². The van der Waals surface area contributed by atoms with Gasteiger partial charge in [0.05, 0.1) is 51.7 Å². The zero-order valence-electron chi connectivity index (χ0n) is 32.7. The molecule has 0 unspecified atom stereocenters. The first-order valence-corrected chi connectivity index (χ1v) is 20.5. The second kappa shape index (κ2) is 12.9. The molecule has 2 aliphatic rings. The van der Waals surface area contributed by atoms with Crippen molar-refractivity contribution >= 4 is 38.9 Å². The molecule has 1 aliphatic heterocycles. The van der Waals surface area contributed by atoms with E-state index in [4.69, 9.17) is 18.8 Å². The van der Waals surface area contributed by atoms with Crippen LogP contribution in [-0.4, -0.2) is 14.5 Å². The summed E-state index contributed by atoms with van der Waals surface area (Å²) in [5, 5.41) is 2.37. The predicted molar refractivity (Wildman–Crippen MR) is 243 cm³/mol. The number of fused-ring (bicyclic) bond motifs is 12. The summed E-state index contributed by atoms with van der Waals surface area (Å²) in [5.41, 5.74) is 15.0. The van der Waals surface area contributed by atoms with Gasteiger partial charge in [0.2, 0.25) is 0 Å². The van der Waals surface area contributed by atoms with Gasteiger partial charge in [-0.05, 0) is 77.9 Å². The first-order valence-electron chi connectivity index (χ1n) is 20.5. The van der Waals surface area contributed by atoms with Crippen molar-refractivity contribution < 1.29 is 8.83 Å². The van der Waals surface area contributed by atoms with Crippen molar-refractivity contribution in [3.8, 4) is 51.1 Å². The summed E-state index contributed by atoms with van der Waals surface area (Å²) in [6.45, 7) is 0. The molecule has 61 heavy (non-hydrogen) atoms. The number of benzene rings is 7. The Bertz CT molecular complexity index is 3390. The van der Waals surface area contributed by atoms with Crippen LogP contribution in [0, 0.1) is 0 Å². The number of anilines is 3. The molecule has 0 N–H and O–H groups in total. The maximum Gasteiger partial charge on any atom is 0.174 e. The molecule has 0 atom stereocenters. The van der Waals surface area contributed by atoms with E-state index in [2.05, 4.69) is 179 Å². The normalized spacial score (nSPS) is 13.3. The number of furan rings is 2. The largest absolute Gasteiger partial charge is 0.461 e. The third-order valence-corrected chi connectivity index (χ3v) is 12.6. The van der Waals surface area contributed by atoms with Crippen LogP contribution in [-0.2, 0) is 5.41 Å². The SMILES string of the molecule is c1ccc(-c2cc(-c3cccc(N4c5ccccc5C5(c6cc7c8ccccc8n(-c8ccccc8)c7cc64)c4ccoc4-c4occc45)c3)nc(-c3ccccc3)n2)cc1. The summed E-state index contributed by atoms with van der Waals surface area (Å²) in [6, 6.07) is 68.7. The Labute approximate surface area is 351 Å². The first-order chi connectivity index (χ1) is 30.3. The van der Waals surface area contributed by atoms with Gasteiger partial charge in [-0.3, -0.25) is 0 Å². The molecule has 1 spiro atoms. The molecule has 0 amide bonds. The van der Waals surface area contributed by atoms with Crippen LogP contribution in [0.15, 0.2) is 215 Å². The van der Waals surface area contributed by atoms with Crippen molar-refractivity contribution in [1.82, 2.24) is 14.5 Å². The lowest BCUT2D eigenvalue weighted by atomic mass is 9.65. The predicted octanol–water partition coefficient (Wildman–Crippen LogP) is 13.9. The molecule has 7 aromatic carbocycles. The summed E-state index contributed by atoms with van der Waals surface area (Å²) in [7, 11) is 0. The molecular formula is C55H34N4O2. The van der Waals surface area contributed by atoms with Crippen molar-refractivity contribution in [3.05, 3.63) is 229 Å². The molecule has 0 saturated carbocycles. The van der Waals surface area contributed by atoms with Crippen LogP contribution in [0.25, 0.3) is 72.9 Å². The Balaban J connectivity index is 1.10. The van der Waals surface area contributed by atoms with Gasteiger partial charge in [-0.2, -0.15) is 0 Å². The summed E-state index contributed by atoms with van der Waals surface area (Å²) in [4.78, 5) is 12.7. The zero-order valence-corrected chi connectivity index (χ0v) is 32.7. The second-order valence-corrected chi connectivity index (χ2v) is 15.7. The minimum atomic E-state index is -0.698. The van der Waals surface area contributed by atoms with E-state index in [0.29, 0.717) is 5.82 Å². The van der Waals surface area contributed by atoms with E-state index in [-0.39, 0.29) is 0 Å². The molecule has 286 valence electrons. The number of para-hydroxylation sites is 3. The third-order valence-electron chi connectivity index (χ3n) is 12.6. The van der Waals surface area contributed by atoms with E-state index in [1.54, 1.807) is 12.5 Å². The number of nitrogens with zero attached hydrogens (tertiary/aromatic N) is 4. The summed E-state index contributed by atoms with van der Waals surface area (Å²) in [6.07, 6.45) is 3.59. The minimum Gasteiger partial charge on any atom is -0.461 e. The number of rotatable bonds is 5. The van der Waals surface area contributed by atoms with Gasteiger partial charge in [0, 0.05) is 50.0 Å². The highest BCUT2D eigenvalue weighted by atomic mass is 16.4. The van der Waals surface area contributed by atoms with Gasteiger partial charge in [0.25, 0.3) is 0 Å². The highest BCUT2D eigenvalue weighted by Crippen LogP contribution is 2.64. The van der Waals surface area contributed by atoms with Crippen molar-refractivity contribution in [2.45, 2.75) is 5.41 Å². The van der Waals surface area contributed by atoms with Gasteiger partial charge in [-0.15, -0.1) is 0 Å². The van der Waals surface area contributed by atoms with Crippen LogP contribution in [0.2, 0.25) is 0 Å². The Morgan fingerprint density at radius 2 is 1.00 bits per heavy atom. The summed E-state index contributed by atoms with van der Waals surface area (Å²) in [5.74, 6) is 2.23. The van der Waals surface area contributed by atoms with Crippen LogP contribution in [0.4, 0.5) is 17.1 Å². The lowest BCUT2D eigenvalue weighted by Gasteiger charge is -2.44. The molecule has 0 radical (unpaired) electrons. The highest BCUT2D eigenvalue weighted by Gasteiger charge is 2.55. The van der Waals surface area contributed by atoms with Crippen molar-refractivity contribution in [2.75, 3.05) is 4.90 Å². The highest BCUT2D eigenvalue weighted by molar-refractivity contribution is 6.12. The molecule has 11 aromatic rings. The van der Waals surface area contributed by atoms with Gasteiger partial charge >= 0.3 is 0 Å². The van der Waals surface area contributed by atoms with E-state index in [1.165, 1.54) is 10.8 Å². The maximum absolute atomic E-state index is 6.27. The molecule has 6 nitrogen and oxygen atoms in total. The first kappa shape index (κ1) is 33.7. The molecule has 1 aliphatic carbocycles. The monoisotopic (exact) mass is 782 g/mol. The van der Waals surface area contributed by atoms with E-state index in [0.717, 1.165) is 95.6 Å². The van der Waals surface area contributed by atoms with E-state index < -0.39 is 5.41 Å². The fourth-order valence-electron chi connectivity index (χ4n) is 10.0. The lowest BCUT2D eigenvalue weighted by Crippen LogP contribution is -2.35. The lowest BCUT2D eigenvalue weighted by molar-refractivity contribution is 0.525. The Kier molecular flexibility index (Phi) is 7.13. The number of hydrogen-bond donors (Lipinski definition) is 0. The van der Waals surface area contributed by atoms with Crippen molar-refractivity contribution in [2.24, 2.45) is 0 Å². The van der Waals surface area contributed by atoms with Crippen molar-refractivity contribution in [3.63, 3.8) is 0 Å². The molecule has 6 heteroatoms. The Morgan fingerprint density at radius 1 is 0.393 bits per heavy atom. The molecule has 0 fully saturated rings. The molecule has 5 heterocycles. The summed E-state index contributed by atoms with van der Waals surface area (Å²) >= 11 is 0. The summed E-state index contributed by atoms with van der Waals surface area (Å²) < 4.78 is 14.9. The zero-order chi connectivity index (χ0) is 40.1. The van der Waals surface area contributed by atoms with Gasteiger partial charge in [0.15, 0.2) is 17.3 Å². The third kappa shape index (κ3) is 4.78. The second-order valence-electron chi connectivity index (χ2n) is 15.7. The van der Waals surface area contributed by atoms with Gasteiger partial charge in [0.1, 0.15) is 0 Å². The van der Waals surface area contributed by atoms with Crippen LogP contribution in [0.1, 0.15) is 22.3 Å². The molecule has 13 rings (SSSR count). The average Bonchev–Trinajstić information content (AvgIpc) is 4.13. The minimum absolute atomic E-state index is 0.683. The molecule has 4 aromatic heterocycles. The van der Waals surface area contributed by atoms with E-state index in [9.17, 15) is 0 Å². The van der Waals surface area contributed by atoms with Crippen LogP contribution < -0.4 is 4.90 Å². The van der Waals surface area contributed by atoms with Gasteiger partial charge in [-0.25, -0.2) is 9.97 Å². The maximum atomic E-state index is 6.27. The van der Waals surface area contributed by atoms with Crippen LogP contribution in [0.5, 0.6) is 0 Å². The topological polar surface area (TPSA) is 60.2 Å². The Hall–Kier alpha value is -8.22. The standard InChI is InChI=1S/C55H34N4O2/c1-4-15-35(16-5-1)46-33-47(57-54(56-46)36-17-6-2-7-18-36)37-19-14-22-39(31-37)59-49-26-13-11-24-42(49)55(43-27-29-60-52(43)53-44(55)28-30-61-53)45-32-41-40-23-10-12-25-48(40)58(50(41)34-51(45)59)38-20-8-3-9-21-38/h1-34H. The number of aromatic nitrogens is 3. The van der Waals surface area contributed by atoms with Gasteiger partial charge in [-0.1, -0.05) is 127 Å². The van der Waals surface area contributed by atoms with E-state index >= 15 is 0 Å². The molecular weight excluding hydrogens is 749 g/mol.